The van der Waals surface area contributed by atoms with Gasteiger partial charge in [-0.1, -0.05) is 35.9 Å². The molecule has 35 heavy (non-hydrogen) atoms. The van der Waals surface area contributed by atoms with Crippen molar-refractivity contribution in [2.45, 2.75) is 38.6 Å². The summed E-state index contributed by atoms with van der Waals surface area (Å²) in [6, 6.07) is 10.1. The van der Waals surface area contributed by atoms with Crippen molar-refractivity contribution in [2.24, 2.45) is 0 Å². The summed E-state index contributed by atoms with van der Waals surface area (Å²) in [5.74, 6) is -0.632. The quantitative estimate of drug-likeness (QED) is 0.241. The zero-order valence-corrected chi connectivity index (χ0v) is 20.2. The molecule has 10 heteroatoms. The molecule has 1 aromatic carbocycles. The molecule has 180 valence electrons. The van der Waals surface area contributed by atoms with E-state index in [9.17, 15) is 9.18 Å². The number of allylic oxidation sites excluding steroid dienone is 1. The third kappa shape index (κ3) is 4.77. The maximum atomic E-state index is 14.3. The van der Waals surface area contributed by atoms with E-state index in [-0.39, 0.29) is 35.6 Å². The summed E-state index contributed by atoms with van der Waals surface area (Å²) in [6.07, 6.45) is 4.27. The van der Waals surface area contributed by atoms with Gasteiger partial charge in [0.05, 0.1) is 18.5 Å². The van der Waals surface area contributed by atoms with Crippen LogP contribution in [-0.4, -0.2) is 42.5 Å². The van der Waals surface area contributed by atoms with E-state index in [0.29, 0.717) is 35.1 Å². The molecule has 0 N–H and O–H groups in total. The van der Waals surface area contributed by atoms with Gasteiger partial charge in [0, 0.05) is 11.8 Å². The van der Waals surface area contributed by atoms with Gasteiger partial charge in [0.2, 0.25) is 5.82 Å². The standard InChI is InChI=1S/C25H24ClFN6O2/c1-4-6-13-25(3,24(34)35-5-2)20-21(26)29-22(31-30-20)19-17-11-9-14-28-23(17)33(32-19)15-16-10-7-8-12-18(16)27/h4,7-12,14H,1,5-6,13,15H2,2-3H3. The molecule has 0 saturated heterocycles. The highest BCUT2D eigenvalue weighted by atomic mass is 35.5. The van der Waals surface area contributed by atoms with Crippen LogP contribution in [0.2, 0.25) is 5.15 Å². The van der Waals surface area contributed by atoms with E-state index in [2.05, 4.69) is 31.8 Å². The van der Waals surface area contributed by atoms with E-state index in [1.165, 1.54) is 6.07 Å². The Labute approximate surface area is 206 Å². The summed E-state index contributed by atoms with van der Waals surface area (Å²) in [6.45, 7) is 7.55. The predicted octanol–water partition coefficient (Wildman–Crippen LogP) is 4.91. The number of carbonyl (C=O) groups excluding carboxylic acids is 1. The highest BCUT2D eigenvalue weighted by Gasteiger charge is 2.40. The van der Waals surface area contributed by atoms with Crippen molar-refractivity contribution in [1.29, 1.82) is 0 Å². The van der Waals surface area contributed by atoms with E-state index in [1.54, 1.807) is 55.1 Å². The number of aromatic nitrogens is 6. The maximum absolute atomic E-state index is 14.3. The van der Waals surface area contributed by atoms with Crippen molar-refractivity contribution in [3.05, 3.63) is 77.5 Å². The van der Waals surface area contributed by atoms with Crippen molar-refractivity contribution >= 4 is 28.6 Å². The second-order valence-electron chi connectivity index (χ2n) is 8.13. The van der Waals surface area contributed by atoms with Gasteiger partial charge < -0.3 is 4.74 Å². The first-order chi connectivity index (χ1) is 16.9. The molecule has 1 unspecified atom stereocenters. The molecule has 4 rings (SSSR count). The van der Waals surface area contributed by atoms with Crippen LogP contribution in [0.3, 0.4) is 0 Å². The molecule has 0 aliphatic heterocycles. The van der Waals surface area contributed by atoms with Crippen LogP contribution >= 0.6 is 11.6 Å². The predicted molar refractivity (Wildman–Crippen MR) is 130 cm³/mol. The average molecular weight is 495 g/mol. The van der Waals surface area contributed by atoms with E-state index in [0.717, 1.165) is 0 Å². The molecule has 0 aliphatic rings. The van der Waals surface area contributed by atoms with E-state index in [1.807, 2.05) is 6.07 Å². The Morgan fingerprint density at radius 3 is 2.77 bits per heavy atom. The molecule has 3 aromatic heterocycles. The van der Waals surface area contributed by atoms with Gasteiger partial charge >= 0.3 is 5.97 Å². The number of nitrogens with zero attached hydrogens (tertiary/aromatic N) is 6. The van der Waals surface area contributed by atoms with Gasteiger partial charge in [0.1, 0.15) is 22.6 Å². The molecule has 3 heterocycles. The number of rotatable bonds is 9. The molecule has 0 fully saturated rings. The SMILES string of the molecule is C=CCCC(C)(C(=O)OCC)c1nnc(-c2nn(Cc3ccccc3F)c3ncccc23)nc1Cl. The van der Waals surface area contributed by atoms with Crippen molar-refractivity contribution in [3.63, 3.8) is 0 Å². The minimum Gasteiger partial charge on any atom is -0.465 e. The van der Waals surface area contributed by atoms with Crippen molar-refractivity contribution in [2.75, 3.05) is 6.61 Å². The van der Waals surface area contributed by atoms with Crippen LogP contribution in [0.25, 0.3) is 22.6 Å². The van der Waals surface area contributed by atoms with Gasteiger partial charge in [-0.15, -0.1) is 16.8 Å². The molecule has 0 radical (unpaired) electrons. The molecular formula is C25H24ClFN6O2. The Kier molecular flexibility index (Phi) is 7.16. The monoisotopic (exact) mass is 494 g/mol. The molecule has 0 amide bonds. The second-order valence-corrected chi connectivity index (χ2v) is 8.49. The smallest absolute Gasteiger partial charge is 0.318 e. The average Bonchev–Trinajstić information content (AvgIpc) is 3.22. The number of halogens is 2. The Hall–Kier alpha value is -3.72. The lowest BCUT2D eigenvalue weighted by Crippen LogP contribution is -2.36. The second kappa shape index (κ2) is 10.3. The molecule has 1 atom stereocenters. The van der Waals surface area contributed by atoms with E-state index in [4.69, 9.17) is 16.3 Å². The zero-order chi connectivity index (χ0) is 25.0. The normalized spacial score (nSPS) is 12.9. The number of hydrogen-bond acceptors (Lipinski definition) is 7. The minimum absolute atomic E-state index is 0.0234. The van der Waals surface area contributed by atoms with Crippen LogP contribution in [0, 0.1) is 5.82 Å². The number of hydrogen-bond donors (Lipinski definition) is 0. The van der Waals surface area contributed by atoms with Crippen LogP contribution in [0.5, 0.6) is 0 Å². The van der Waals surface area contributed by atoms with Gasteiger partial charge in [-0.25, -0.2) is 19.0 Å². The first-order valence-corrected chi connectivity index (χ1v) is 11.5. The fourth-order valence-corrected chi connectivity index (χ4v) is 4.14. The largest absolute Gasteiger partial charge is 0.465 e. The maximum Gasteiger partial charge on any atom is 0.318 e. The minimum atomic E-state index is -1.15. The van der Waals surface area contributed by atoms with Crippen LogP contribution in [0.4, 0.5) is 4.39 Å². The number of fused-ring (bicyclic) bond motifs is 1. The van der Waals surface area contributed by atoms with Crippen LogP contribution in [-0.2, 0) is 21.5 Å². The summed E-state index contributed by atoms with van der Waals surface area (Å²) in [7, 11) is 0. The topological polar surface area (TPSA) is 95.7 Å². The van der Waals surface area contributed by atoms with Crippen LogP contribution in [0.15, 0.2) is 55.3 Å². The molecule has 8 nitrogen and oxygen atoms in total. The Morgan fingerprint density at radius 2 is 2.06 bits per heavy atom. The van der Waals surface area contributed by atoms with Crippen LogP contribution < -0.4 is 0 Å². The van der Waals surface area contributed by atoms with Crippen molar-refractivity contribution < 1.29 is 13.9 Å². The van der Waals surface area contributed by atoms with E-state index < -0.39 is 11.4 Å². The molecule has 0 saturated carbocycles. The highest BCUT2D eigenvalue weighted by Crippen LogP contribution is 2.34. The molecule has 4 aromatic rings. The summed E-state index contributed by atoms with van der Waals surface area (Å²) < 4.78 is 21.1. The molecular weight excluding hydrogens is 471 g/mol. The first kappa shape index (κ1) is 24.4. The summed E-state index contributed by atoms with van der Waals surface area (Å²) >= 11 is 6.55. The number of carbonyl (C=O) groups is 1. The Balaban J connectivity index is 1.77. The summed E-state index contributed by atoms with van der Waals surface area (Å²) in [5.41, 5.74) is 0.477. The molecule has 0 spiro atoms. The lowest BCUT2D eigenvalue weighted by atomic mass is 9.82. The fourth-order valence-electron chi connectivity index (χ4n) is 3.82. The van der Waals surface area contributed by atoms with Gasteiger partial charge in [-0.05, 0) is 44.9 Å². The number of pyridine rings is 1. The number of benzene rings is 1. The number of ether oxygens (including phenoxy) is 1. The fraction of sp³-hybridized carbons (Fsp3) is 0.280. The van der Waals surface area contributed by atoms with Crippen LogP contribution in [0.1, 0.15) is 37.9 Å². The summed E-state index contributed by atoms with van der Waals surface area (Å²) in [5, 5.41) is 13.8. The van der Waals surface area contributed by atoms with Gasteiger partial charge in [-0.3, -0.25) is 4.79 Å². The first-order valence-electron chi connectivity index (χ1n) is 11.1. The zero-order valence-electron chi connectivity index (χ0n) is 19.4. The van der Waals surface area contributed by atoms with Gasteiger partial charge in [-0.2, -0.15) is 5.10 Å². The van der Waals surface area contributed by atoms with Gasteiger partial charge in [0.15, 0.2) is 10.8 Å². The number of esters is 1. The van der Waals surface area contributed by atoms with E-state index >= 15 is 0 Å². The van der Waals surface area contributed by atoms with Gasteiger partial charge in [0.25, 0.3) is 0 Å². The Bertz CT molecular complexity index is 1390. The lowest BCUT2D eigenvalue weighted by molar-refractivity contribution is -0.150. The molecule has 0 aliphatic carbocycles. The summed E-state index contributed by atoms with van der Waals surface area (Å²) in [4.78, 5) is 21.6. The van der Waals surface area contributed by atoms with Crippen molar-refractivity contribution in [1.82, 2.24) is 29.9 Å². The third-order valence-electron chi connectivity index (χ3n) is 5.74. The Morgan fingerprint density at radius 1 is 1.26 bits per heavy atom. The van der Waals surface area contributed by atoms with Crippen molar-refractivity contribution in [3.8, 4) is 11.5 Å². The third-order valence-corrected chi connectivity index (χ3v) is 6.00. The highest BCUT2D eigenvalue weighted by molar-refractivity contribution is 6.30. The lowest BCUT2D eigenvalue weighted by Gasteiger charge is -2.26. The molecule has 0 bridgehead atoms.